The van der Waals surface area contributed by atoms with E-state index in [0.29, 0.717) is 35.8 Å². The third-order valence-corrected chi connectivity index (χ3v) is 6.57. The molecule has 3 fully saturated rings. The van der Waals surface area contributed by atoms with E-state index in [9.17, 15) is 4.79 Å². The molecule has 1 aromatic heterocycles. The molecule has 3 saturated heterocycles. The first kappa shape index (κ1) is 19.2. The fourth-order valence-corrected chi connectivity index (χ4v) is 5.37. The minimum atomic E-state index is 0.0496. The fourth-order valence-electron chi connectivity index (χ4n) is 5.37. The Hall–Kier alpha value is -2.09. The van der Waals surface area contributed by atoms with Crippen LogP contribution in [0.5, 0.6) is 11.9 Å². The molecule has 1 aromatic rings. The van der Waals surface area contributed by atoms with E-state index in [4.69, 9.17) is 9.47 Å². The molecule has 3 aliphatic heterocycles. The van der Waals surface area contributed by atoms with Gasteiger partial charge in [0.05, 0.1) is 14.2 Å². The molecule has 28 heavy (non-hydrogen) atoms. The average molecular weight is 390 g/mol. The van der Waals surface area contributed by atoms with Crippen molar-refractivity contribution in [2.75, 3.05) is 45.3 Å². The Bertz CT molecular complexity index is 693. The van der Waals surface area contributed by atoms with Gasteiger partial charge in [0, 0.05) is 44.7 Å². The molecule has 4 rings (SSSR count). The number of carbonyl (C=O) groups is 1. The molecule has 1 N–H and O–H groups in total. The molecule has 1 amide bonds. The van der Waals surface area contributed by atoms with Crippen molar-refractivity contribution >= 4 is 11.7 Å². The molecule has 8 heteroatoms. The Morgan fingerprint density at radius 3 is 2.79 bits per heavy atom. The predicted molar refractivity (Wildman–Crippen MR) is 106 cm³/mol. The largest absolute Gasteiger partial charge is 0.481 e. The average Bonchev–Trinajstić information content (AvgIpc) is 2.73. The van der Waals surface area contributed by atoms with Crippen LogP contribution in [0.2, 0.25) is 0 Å². The van der Waals surface area contributed by atoms with Crippen molar-refractivity contribution < 1.29 is 14.3 Å². The number of ether oxygens (including phenoxy) is 2. The minimum absolute atomic E-state index is 0.0496. The number of carbonyl (C=O) groups excluding carboxylic acids is 1. The van der Waals surface area contributed by atoms with Gasteiger partial charge in [-0.2, -0.15) is 9.97 Å². The van der Waals surface area contributed by atoms with Gasteiger partial charge < -0.3 is 19.7 Å². The molecule has 2 bridgehead atoms. The van der Waals surface area contributed by atoms with Gasteiger partial charge in [0.25, 0.3) is 0 Å². The molecule has 3 aliphatic rings. The smallest absolute Gasteiger partial charge is 0.321 e. The highest BCUT2D eigenvalue weighted by molar-refractivity contribution is 5.72. The Morgan fingerprint density at radius 2 is 2.04 bits per heavy atom. The number of amides is 1. The number of hydrogen-bond donors (Lipinski definition) is 1. The van der Waals surface area contributed by atoms with Gasteiger partial charge in [0.2, 0.25) is 11.8 Å². The van der Waals surface area contributed by atoms with E-state index >= 15 is 0 Å². The van der Waals surface area contributed by atoms with Gasteiger partial charge in [0.15, 0.2) is 0 Å². The van der Waals surface area contributed by atoms with Crippen molar-refractivity contribution in [2.24, 2.45) is 11.8 Å². The molecule has 4 heterocycles. The second kappa shape index (κ2) is 8.11. The second-order valence-corrected chi connectivity index (χ2v) is 8.22. The van der Waals surface area contributed by atoms with Crippen LogP contribution in [0.25, 0.3) is 0 Å². The van der Waals surface area contributed by atoms with Gasteiger partial charge >= 0.3 is 6.01 Å². The van der Waals surface area contributed by atoms with Crippen molar-refractivity contribution in [1.82, 2.24) is 20.2 Å². The van der Waals surface area contributed by atoms with E-state index in [0.717, 1.165) is 32.0 Å². The molecular weight excluding hydrogens is 358 g/mol. The van der Waals surface area contributed by atoms with Crippen molar-refractivity contribution in [1.29, 1.82) is 0 Å². The molecule has 0 saturated carbocycles. The lowest BCUT2D eigenvalue weighted by molar-refractivity contribution is -0.119. The van der Waals surface area contributed by atoms with Crippen LogP contribution >= 0.6 is 0 Å². The zero-order valence-corrected chi connectivity index (χ0v) is 17.1. The van der Waals surface area contributed by atoms with Gasteiger partial charge in [-0.05, 0) is 37.6 Å². The molecule has 8 nitrogen and oxygen atoms in total. The maximum atomic E-state index is 11.6. The van der Waals surface area contributed by atoms with E-state index in [2.05, 4.69) is 25.1 Å². The predicted octanol–water partition coefficient (Wildman–Crippen LogP) is 1.31. The molecule has 0 radical (unpaired) electrons. The number of anilines is 1. The maximum absolute atomic E-state index is 11.6. The summed E-state index contributed by atoms with van der Waals surface area (Å²) >= 11 is 0. The van der Waals surface area contributed by atoms with Crippen molar-refractivity contribution in [3.8, 4) is 11.9 Å². The van der Waals surface area contributed by atoms with Crippen LogP contribution < -0.4 is 19.7 Å². The number of nitrogens with zero attached hydrogens (tertiary/aromatic N) is 4. The Morgan fingerprint density at radius 1 is 1.21 bits per heavy atom. The Labute approximate surface area is 166 Å². The lowest BCUT2D eigenvalue weighted by Gasteiger charge is -2.57. The number of fused-ring (bicyclic) bond motifs is 4. The molecule has 154 valence electrons. The number of piperidine rings is 3. The molecule has 0 spiro atoms. The van der Waals surface area contributed by atoms with E-state index in [1.165, 1.54) is 25.7 Å². The normalized spacial score (nSPS) is 29.8. The topological polar surface area (TPSA) is 79.8 Å². The number of aromatic nitrogens is 2. The van der Waals surface area contributed by atoms with E-state index in [-0.39, 0.29) is 5.91 Å². The van der Waals surface area contributed by atoms with Crippen LogP contribution in [0.1, 0.15) is 32.6 Å². The second-order valence-electron chi connectivity index (χ2n) is 8.22. The zero-order valence-electron chi connectivity index (χ0n) is 17.1. The van der Waals surface area contributed by atoms with Gasteiger partial charge in [-0.15, -0.1) is 0 Å². The summed E-state index contributed by atoms with van der Waals surface area (Å²) in [7, 11) is 3.19. The van der Waals surface area contributed by atoms with E-state index < -0.39 is 0 Å². The summed E-state index contributed by atoms with van der Waals surface area (Å²) < 4.78 is 10.6. The van der Waals surface area contributed by atoms with Crippen LogP contribution in [0, 0.1) is 11.8 Å². The highest BCUT2D eigenvalue weighted by atomic mass is 16.5. The molecule has 0 aliphatic carbocycles. The quantitative estimate of drug-likeness (QED) is 0.813. The molecular formula is C20H31N5O3. The fraction of sp³-hybridized carbons (Fsp3) is 0.750. The number of hydrogen-bond acceptors (Lipinski definition) is 7. The Kier molecular flexibility index (Phi) is 5.57. The van der Waals surface area contributed by atoms with Gasteiger partial charge in [-0.25, -0.2) is 0 Å². The highest BCUT2D eigenvalue weighted by Crippen LogP contribution is 2.42. The molecule has 0 aromatic carbocycles. The SMILES string of the molecule is COc1cc(N2C[C@H]3C[C@@H](C2)[C@H](CNC(C)=O)N2CCCC[C@@H]32)nc(OC)n1. The standard InChI is InChI=1S/C20H31N5O3/c1-13(26)21-10-17-15-8-14(16-6-4-5-7-25(16)17)11-24(12-15)18-9-19(27-2)23-20(22-18)28-3/h9,14-17H,4-8,10-12H2,1-3H3,(H,21,26)/t14-,15+,16+,17+/m1/s1. The summed E-state index contributed by atoms with van der Waals surface area (Å²) in [5, 5.41) is 3.08. The first-order valence-corrected chi connectivity index (χ1v) is 10.3. The van der Waals surface area contributed by atoms with Crippen LogP contribution in [0.15, 0.2) is 6.07 Å². The summed E-state index contributed by atoms with van der Waals surface area (Å²) in [6.07, 6.45) is 5.03. The number of rotatable bonds is 5. The maximum Gasteiger partial charge on any atom is 0.321 e. The van der Waals surface area contributed by atoms with Gasteiger partial charge in [-0.1, -0.05) is 6.42 Å². The summed E-state index contributed by atoms with van der Waals surface area (Å²) in [5.41, 5.74) is 0. The summed E-state index contributed by atoms with van der Waals surface area (Å²) in [6.45, 7) is 5.40. The summed E-state index contributed by atoms with van der Waals surface area (Å²) in [6, 6.07) is 3.21. The van der Waals surface area contributed by atoms with Crippen molar-refractivity contribution in [2.45, 2.75) is 44.7 Å². The van der Waals surface area contributed by atoms with Crippen LogP contribution in [0.4, 0.5) is 5.82 Å². The number of methoxy groups -OCH3 is 2. The third-order valence-electron chi connectivity index (χ3n) is 6.57. The lowest BCUT2D eigenvalue weighted by atomic mass is 9.72. The van der Waals surface area contributed by atoms with Crippen LogP contribution in [-0.2, 0) is 4.79 Å². The molecule has 0 unspecified atom stereocenters. The van der Waals surface area contributed by atoms with Crippen molar-refractivity contribution in [3.63, 3.8) is 0 Å². The van der Waals surface area contributed by atoms with Gasteiger partial charge in [-0.3, -0.25) is 9.69 Å². The minimum Gasteiger partial charge on any atom is -0.481 e. The van der Waals surface area contributed by atoms with Crippen molar-refractivity contribution in [3.05, 3.63) is 6.07 Å². The zero-order chi connectivity index (χ0) is 19.7. The van der Waals surface area contributed by atoms with E-state index in [1.807, 2.05) is 6.07 Å². The number of nitrogens with one attached hydrogen (secondary N) is 1. The molecule has 4 atom stereocenters. The monoisotopic (exact) mass is 389 g/mol. The van der Waals surface area contributed by atoms with Crippen LogP contribution in [0.3, 0.4) is 0 Å². The summed E-state index contributed by atoms with van der Waals surface area (Å²) in [4.78, 5) is 25.4. The first-order chi connectivity index (χ1) is 13.6. The highest BCUT2D eigenvalue weighted by Gasteiger charge is 2.47. The lowest BCUT2D eigenvalue weighted by Crippen LogP contribution is -2.65. The van der Waals surface area contributed by atoms with E-state index in [1.54, 1.807) is 21.1 Å². The third kappa shape index (κ3) is 3.74. The van der Waals surface area contributed by atoms with Crippen LogP contribution in [-0.4, -0.2) is 73.3 Å². The van der Waals surface area contributed by atoms with Gasteiger partial charge in [0.1, 0.15) is 5.82 Å². The first-order valence-electron chi connectivity index (χ1n) is 10.3. The summed E-state index contributed by atoms with van der Waals surface area (Å²) in [5.74, 6) is 2.56. The Balaban J connectivity index is 1.60.